The van der Waals surface area contributed by atoms with Crippen LogP contribution in [0, 0.1) is 0 Å². The smallest absolute Gasteiger partial charge is 0.255 e. The third-order valence-corrected chi connectivity index (χ3v) is 6.35. The van der Waals surface area contributed by atoms with Gasteiger partial charge in [-0.2, -0.15) is 0 Å². The van der Waals surface area contributed by atoms with E-state index in [0.717, 1.165) is 43.5 Å². The standard InChI is InChI=1S/C20H25N3O4/c1-22-8-6-20(7-9-22)12-27-17-14-11-23(16(18(21)25)3-2-10-24)19(26)13(14)4-5-15(17)20/h4-5,10,16H,2-3,6-9,11-12H2,1H3,(H2,21,25). The van der Waals surface area contributed by atoms with Crippen LogP contribution in [0.25, 0.3) is 0 Å². The van der Waals surface area contributed by atoms with Crippen molar-refractivity contribution in [2.24, 2.45) is 5.73 Å². The van der Waals surface area contributed by atoms with Crippen molar-refractivity contribution in [1.29, 1.82) is 0 Å². The van der Waals surface area contributed by atoms with Crippen LogP contribution in [-0.2, 0) is 21.5 Å². The van der Waals surface area contributed by atoms with Gasteiger partial charge in [-0.15, -0.1) is 0 Å². The van der Waals surface area contributed by atoms with Crippen molar-refractivity contribution in [3.05, 3.63) is 28.8 Å². The van der Waals surface area contributed by atoms with Crippen molar-refractivity contribution in [1.82, 2.24) is 9.80 Å². The Morgan fingerprint density at radius 1 is 1.37 bits per heavy atom. The Kier molecular flexibility index (Phi) is 4.42. The lowest BCUT2D eigenvalue weighted by Crippen LogP contribution is -2.44. The van der Waals surface area contributed by atoms with E-state index in [1.54, 1.807) is 0 Å². The fourth-order valence-electron chi connectivity index (χ4n) is 4.64. The second-order valence-electron chi connectivity index (χ2n) is 7.94. The van der Waals surface area contributed by atoms with Gasteiger partial charge in [0.15, 0.2) is 0 Å². The van der Waals surface area contributed by atoms with Crippen molar-refractivity contribution in [2.45, 2.75) is 43.7 Å². The second-order valence-corrected chi connectivity index (χ2v) is 7.94. The van der Waals surface area contributed by atoms with Gasteiger partial charge in [0.25, 0.3) is 5.91 Å². The molecule has 1 unspecified atom stereocenters. The molecule has 0 saturated carbocycles. The predicted octanol–water partition coefficient (Wildman–Crippen LogP) is 0.831. The lowest BCUT2D eigenvalue weighted by molar-refractivity contribution is -0.122. The van der Waals surface area contributed by atoms with Crippen LogP contribution in [0.5, 0.6) is 5.75 Å². The number of ether oxygens (including phenoxy) is 1. The first-order valence-electron chi connectivity index (χ1n) is 9.48. The highest BCUT2D eigenvalue weighted by molar-refractivity contribution is 6.02. The van der Waals surface area contributed by atoms with E-state index in [-0.39, 0.29) is 24.2 Å². The number of hydrogen-bond acceptors (Lipinski definition) is 5. The van der Waals surface area contributed by atoms with E-state index in [0.29, 0.717) is 18.7 Å². The highest BCUT2D eigenvalue weighted by Gasteiger charge is 2.46. The summed E-state index contributed by atoms with van der Waals surface area (Å²) in [6.07, 6.45) is 3.26. The maximum Gasteiger partial charge on any atom is 0.255 e. The third kappa shape index (κ3) is 2.81. The Hall–Kier alpha value is -2.41. The maximum absolute atomic E-state index is 12.9. The molecule has 7 nitrogen and oxygen atoms in total. The number of hydrogen-bond donors (Lipinski definition) is 1. The van der Waals surface area contributed by atoms with Gasteiger partial charge in [0, 0.05) is 28.5 Å². The van der Waals surface area contributed by atoms with Gasteiger partial charge in [0.1, 0.15) is 18.1 Å². The molecule has 3 aliphatic rings. The quantitative estimate of drug-likeness (QED) is 0.774. The summed E-state index contributed by atoms with van der Waals surface area (Å²) in [7, 11) is 2.13. The molecule has 27 heavy (non-hydrogen) atoms. The van der Waals surface area contributed by atoms with E-state index in [2.05, 4.69) is 11.9 Å². The van der Waals surface area contributed by atoms with E-state index in [4.69, 9.17) is 10.5 Å². The molecule has 3 heterocycles. The Morgan fingerprint density at radius 3 is 2.78 bits per heavy atom. The summed E-state index contributed by atoms with van der Waals surface area (Å²) in [5.74, 6) is 0.0179. The summed E-state index contributed by atoms with van der Waals surface area (Å²) >= 11 is 0. The lowest BCUT2D eigenvalue weighted by Gasteiger charge is -2.36. The van der Waals surface area contributed by atoms with E-state index in [1.807, 2.05) is 12.1 Å². The van der Waals surface area contributed by atoms with Crippen LogP contribution >= 0.6 is 0 Å². The highest BCUT2D eigenvalue weighted by atomic mass is 16.5. The molecule has 1 aromatic carbocycles. The summed E-state index contributed by atoms with van der Waals surface area (Å²) in [4.78, 5) is 39.3. The minimum atomic E-state index is -0.774. The number of benzene rings is 1. The van der Waals surface area contributed by atoms with Crippen molar-refractivity contribution >= 4 is 18.1 Å². The van der Waals surface area contributed by atoms with Crippen LogP contribution in [0.1, 0.15) is 47.2 Å². The predicted molar refractivity (Wildman–Crippen MR) is 98.5 cm³/mol. The largest absolute Gasteiger partial charge is 0.492 e. The minimum Gasteiger partial charge on any atom is -0.492 e. The molecule has 1 fully saturated rings. The minimum absolute atomic E-state index is 0.0218. The van der Waals surface area contributed by atoms with Gasteiger partial charge in [0.2, 0.25) is 5.91 Å². The number of fused-ring (bicyclic) bond motifs is 4. The Balaban J connectivity index is 1.65. The molecular weight excluding hydrogens is 346 g/mol. The number of aldehydes is 1. The van der Waals surface area contributed by atoms with Crippen LogP contribution in [0.15, 0.2) is 12.1 Å². The van der Waals surface area contributed by atoms with E-state index >= 15 is 0 Å². The van der Waals surface area contributed by atoms with Crippen molar-refractivity contribution in [3.8, 4) is 5.75 Å². The zero-order valence-corrected chi connectivity index (χ0v) is 15.6. The fraction of sp³-hybridized carbons (Fsp3) is 0.550. The first-order chi connectivity index (χ1) is 13.0. The molecule has 1 spiro atoms. The Bertz CT molecular complexity index is 799. The van der Waals surface area contributed by atoms with Gasteiger partial charge in [-0.25, -0.2) is 0 Å². The molecule has 1 atom stereocenters. The Morgan fingerprint density at radius 2 is 2.11 bits per heavy atom. The molecule has 0 radical (unpaired) electrons. The average Bonchev–Trinajstić information content (AvgIpc) is 3.17. The van der Waals surface area contributed by atoms with Gasteiger partial charge >= 0.3 is 0 Å². The SMILES string of the molecule is CN1CCC2(CC1)COc1c2ccc2c1CN(C(CCC=O)C(N)=O)C2=O. The number of amides is 2. The van der Waals surface area contributed by atoms with Crippen molar-refractivity contribution < 1.29 is 19.1 Å². The summed E-state index contributed by atoms with van der Waals surface area (Å²) in [6.45, 7) is 3.01. The highest BCUT2D eigenvalue weighted by Crippen LogP contribution is 2.49. The number of primary amides is 1. The maximum atomic E-state index is 12.9. The molecule has 0 aliphatic carbocycles. The van der Waals surface area contributed by atoms with Crippen LogP contribution in [0.3, 0.4) is 0 Å². The van der Waals surface area contributed by atoms with Crippen LogP contribution < -0.4 is 10.5 Å². The zero-order chi connectivity index (χ0) is 19.2. The summed E-state index contributed by atoms with van der Waals surface area (Å²) in [6, 6.07) is 3.12. The van der Waals surface area contributed by atoms with Gasteiger partial charge in [-0.05, 0) is 45.5 Å². The number of carbonyl (C=O) groups is 3. The number of carbonyl (C=O) groups excluding carboxylic acids is 3. The molecular formula is C20H25N3O4. The van der Waals surface area contributed by atoms with E-state index in [1.165, 1.54) is 10.5 Å². The summed E-state index contributed by atoms with van der Waals surface area (Å²) in [5, 5.41) is 0. The molecule has 2 amide bonds. The normalized spacial score (nSPS) is 21.7. The van der Waals surface area contributed by atoms with Gasteiger partial charge in [-0.1, -0.05) is 6.07 Å². The zero-order valence-electron chi connectivity index (χ0n) is 15.6. The molecule has 1 saturated heterocycles. The number of piperidine rings is 1. The fourth-order valence-corrected chi connectivity index (χ4v) is 4.64. The molecule has 3 aliphatic heterocycles. The van der Waals surface area contributed by atoms with Crippen LogP contribution in [-0.4, -0.2) is 60.7 Å². The van der Waals surface area contributed by atoms with Crippen LogP contribution in [0.2, 0.25) is 0 Å². The first kappa shape index (κ1) is 18.0. The first-order valence-corrected chi connectivity index (χ1v) is 9.48. The molecule has 0 bridgehead atoms. The number of nitrogens with zero attached hydrogens (tertiary/aromatic N) is 2. The van der Waals surface area contributed by atoms with Gasteiger partial charge in [0.05, 0.1) is 13.2 Å². The van der Waals surface area contributed by atoms with Crippen LogP contribution in [0.4, 0.5) is 0 Å². The second kappa shape index (κ2) is 6.64. The number of rotatable bonds is 5. The molecule has 7 heteroatoms. The van der Waals surface area contributed by atoms with Crippen molar-refractivity contribution in [3.63, 3.8) is 0 Å². The molecule has 144 valence electrons. The molecule has 1 aromatic rings. The monoisotopic (exact) mass is 371 g/mol. The molecule has 0 aromatic heterocycles. The third-order valence-electron chi connectivity index (χ3n) is 6.35. The Labute approximate surface area is 158 Å². The van der Waals surface area contributed by atoms with Gasteiger partial charge < -0.3 is 25.1 Å². The lowest BCUT2D eigenvalue weighted by atomic mass is 9.74. The average molecular weight is 371 g/mol. The van der Waals surface area contributed by atoms with Crippen molar-refractivity contribution in [2.75, 3.05) is 26.7 Å². The topological polar surface area (TPSA) is 92.9 Å². The number of nitrogens with two attached hydrogens (primary N) is 1. The van der Waals surface area contributed by atoms with E-state index < -0.39 is 11.9 Å². The molecule has 2 N–H and O–H groups in total. The van der Waals surface area contributed by atoms with Gasteiger partial charge in [-0.3, -0.25) is 9.59 Å². The summed E-state index contributed by atoms with van der Waals surface area (Å²) < 4.78 is 6.12. The summed E-state index contributed by atoms with van der Waals surface area (Å²) in [5.41, 5.74) is 8.15. The molecule has 4 rings (SSSR count). The number of likely N-dealkylation sites (tertiary alicyclic amines) is 1. The van der Waals surface area contributed by atoms with E-state index in [9.17, 15) is 14.4 Å².